The molecule has 2 rings (SSSR count). The number of halogens is 6. The molecule has 0 aromatic heterocycles. The summed E-state index contributed by atoms with van der Waals surface area (Å²) >= 11 is 0. The number of benzene rings is 2. The maximum atomic E-state index is 12.8. The van der Waals surface area contributed by atoms with Crippen LogP contribution in [-0.2, 0) is 21.9 Å². The summed E-state index contributed by atoms with van der Waals surface area (Å²) in [5.74, 6) is 0. The molecule has 0 unspecified atom stereocenters. The van der Waals surface area contributed by atoms with E-state index < -0.39 is 23.5 Å². The molecule has 0 radical (unpaired) electrons. The van der Waals surface area contributed by atoms with Crippen LogP contribution < -0.4 is 0 Å². The Balaban J connectivity index is 0.000000918. The van der Waals surface area contributed by atoms with Crippen molar-refractivity contribution in [3.8, 4) is 11.1 Å². The number of carbonyl (C=O) groups excluding carboxylic acids is 2. The largest absolute Gasteiger partial charge is 0.417 e. The fourth-order valence-corrected chi connectivity index (χ4v) is 1.84. The first kappa shape index (κ1) is 22.8. The Hall–Kier alpha value is -3.22. The maximum Gasteiger partial charge on any atom is 0.417 e. The second-order valence-corrected chi connectivity index (χ2v) is 4.33. The number of isocyanates is 2. The smallest absolute Gasteiger partial charge is 0.222 e. The van der Waals surface area contributed by atoms with Gasteiger partial charge in [-0.05, 0) is 23.3 Å². The SMILES string of the molecule is FC(F)(F)c1ccc(-c2ccccc2)cc1C(F)(F)F.N=C=O.N=C=O. The molecule has 0 aliphatic rings. The third-order valence-corrected chi connectivity index (χ3v) is 2.74. The molecule has 2 aromatic rings. The lowest BCUT2D eigenvalue weighted by Crippen LogP contribution is -2.16. The van der Waals surface area contributed by atoms with Crippen LogP contribution in [0, 0.1) is 10.8 Å². The zero-order valence-corrected chi connectivity index (χ0v) is 12.7. The second-order valence-electron chi connectivity index (χ2n) is 4.33. The molecule has 10 heteroatoms. The summed E-state index contributed by atoms with van der Waals surface area (Å²) in [5, 5.41) is 10.8. The number of rotatable bonds is 1. The summed E-state index contributed by atoms with van der Waals surface area (Å²) in [4.78, 5) is 16.7. The Labute approximate surface area is 143 Å². The van der Waals surface area contributed by atoms with E-state index in [1.54, 1.807) is 18.2 Å². The topological polar surface area (TPSA) is 81.8 Å². The Morgan fingerprint density at radius 2 is 1.08 bits per heavy atom. The minimum absolute atomic E-state index is 0.0888. The van der Waals surface area contributed by atoms with Crippen molar-refractivity contribution in [1.82, 2.24) is 0 Å². The van der Waals surface area contributed by atoms with Crippen molar-refractivity contribution in [2.24, 2.45) is 0 Å². The maximum absolute atomic E-state index is 12.8. The first-order valence-corrected chi connectivity index (χ1v) is 6.44. The predicted octanol–water partition coefficient (Wildman–Crippen LogP) is 5.19. The fourth-order valence-electron chi connectivity index (χ4n) is 1.84. The fraction of sp³-hybridized carbons (Fsp3) is 0.125. The van der Waals surface area contributed by atoms with E-state index in [0.717, 1.165) is 18.2 Å². The standard InChI is InChI=1S/C14H8F6.2CHNO/c15-13(16,17)11-7-6-10(8-12(11)14(18,19)20)9-4-2-1-3-5-9;2*2-1-3/h1-8H;2*2H. The van der Waals surface area contributed by atoms with Crippen molar-refractivity contribution >= 4 is 12.2 Å². The van der Waals surface area contributed by atoms with E-state index in [-0.39, 0.29) is 5.56 Å². The van der Waals surface area contributed by atoms with Gasteiger partial charge in [0.2, 0.25) is 12.2 Å². The van der Waals surface area contributed by atoms with E-state index in [1.165, 1.54) is 12.1 Å². The highest BCUT2D eigenvalue weighted by molar-refractivity contribution is 5.65. The molecule has 138 valence electrons. The Kier molecular flexibility index (Phi) is 8.70. The number of hydrogen-bond acceptors (Lipinski definition) is 4. The van der Waals surface area contributed by atoms with Crippen LogP contribution in [0.15, 0.2) is 48.5 Å². The van der Waals surface area contributed by atoms with Gasteiger partial charge in [0.1, 0.15) is 0 Å². The normalized spacial score (nSPS) is 10.2. The molecule has 4 nitrogen and oxygen atoms in total. The monoisotopic (exact) mass is 376 g/mol. The zero-order valence-electron chi connectivity index (χ0n) is 12.7. The number of hydrogen-bond donors (Lipinski definition) is 2. The van der Waals surface area contributed by atoms with E-state index in [2.05, 4.69) is 0 Å². The minimum Gasteiger partial charge on any atom is -0.222 e. The molecule has 0 amide bonds. The zero-order chi connectivity index (χ0) is 20.4. The van der Waals surface area contributed by atoms with Crippen LogP contribution in [0.4, 0.5) is 26.3 Å². The molecule has 0 saturated heterocycles. The summed E-state index contributed by atoms with van der Waals surface area (Å²) in [7, 11) is 0. The second kappa shape index (κ2) is 9.93. The lowest BCUT2D eigenvalue weighted by Gasteiger charge is -2.16. The third-order valence-electron chi connectivity index (χ3n) is 2.74. The molecule has 0 atom stereocenters. The van der Waals surface area contributed by atoms with Crippen LogP contribution in [0.3, 0.4) is 0 Å². The Bertz CT molecular complexity index is 762. The lowest BCUT2D eigenvalue weighted by atomic mass is 9.98. The number of alkyl halides is 6. The van der Waals surface area contributed by atoms with Crippen molar-refractivity contribution in [2.45, 2.75) is 12.4 Å². The quantitative estimate of drug-likeness (QED) is 0.408. The van der Waals surface area contributed by atoms with Crippen LogP contribution in [0.5, 0.6) is 0 Å². The van der Waals surface area contributed by atoms with Gasteiger partial charge in [0.15, 0.2) is 0 Å². The van der Waals surface area contributed by atoms with Gasteiger partial charge in [0.25, 0.3) is 0 Å². The molecule has 26 heavy (non-hydrogen) atoms. The van der Waals surface area contributed by atoms with Crippen molar-refractivity contribution in [3.05, 3.63) is 59.7 Å². The summed E-state index contributed by atoms with van der Waals surface area (Å²) in [6.45, 7) is 0. The molecule has 0 spiro atoms. The molecule has 0 heterocycles. The van der Waals surface area contributed by atoms with Crippen molar-refractivity contribution < 1.29 is 35.9 Å². The van der Waals surface area contributed by atoms with Gasteiger partial charge in [-0.1, -0.05) is 36.4 Å². The van der Waals surface area contributed by atoms with E-state index in [9.17, 15) is 26.3 Å². The molecule has 0 bridgehead atoms. The van der Waals surface area contributed by atoms with E-state index >= 15 is 0 Å². The summed E-state index contributed by atoms with van der Waals surface area (Å²) in [6.07, 6.45) is -8.60. The van der Waals surface area contributed by atoms with Gasteiger partial charge < -0.3 is 0 Å². The highest BCUT2D eigenvalue weighted by Gasteiger charge is 2.43. The molecule has 0 saturated carbocycles. The van der Waals surface area contributed by atoms with Crippen LogP contribution in [0.1, 0.15) is 11.1 Å². The Morgan fingerprint density at radius 1 is 0.654 bits per heavy atom. The number of nitrogens with one attached hydrogen (secondary N) is 2. The van der Waals surface area contributed by atoms with Gasteiger partial charge in [-0.15, -0.1) is 0 Å². The van der Waals surface area contributed by atoms with Gasteiger partial charge in [-0.25, -0.2) is 20.4 Å². The van der Waals surface area contributed by atoms with Crippen LogP contribution in [0.2, 0.25) is 0 Å². The van der Waals surface area contributed by atoms with Crippen LogP contribution in [0.25, 0.3) is 11.1 Å². The third kappa shape index (κ3) is 7.12. The molecular formula is C16H10F6N2O2. The average molecular weight is 376 g/mol. The minimum atomic E-state index is -5.06. The summed E-state index contributed by atoms with van der Waals surface area (Å²) in [5.41, 5.74) is -2.84. The Morgan fingerprint density at radius 3 is 1.46 bits per heavy atom. The molecule has 2 N–H and O–H groups in total. The van der Waals surface area contributed by atoms with Crippen molar-refractivity contribution in [2.75, 3.05) is 0 Å². The van der Waals surface area contributed by atoms with E-state index in [1.807, 2.05) is 0 Å². The van der Waals surface area contributed by atoms with Gasteiger partial charge in [-0.3, -0.25) is 0 Å². The first-order chi connectivity index (χ1) is 12.0. The van der Waals surface area contributed by atoms with Gasteiger partial charge in [0, 0.05) is 0 Å². The highest BCUT2D eigenvalue weighted by atomic mass is 19.4. The summed E-state index contributed by atoms with van der Waals surface area (Å²) in [6, 6.07) is 9.95. The van der Waals surface area contributed by atoms with Crippen molar-refractivity contribution in [3.63, 3.8) is 0 Å². The predicted molar refractivity (Wildman–Crippen MR) is 78.7 cm³/mol. The van der Waals surface area contributed by atoms with E-state index in [0.29, 0.717) is 17.7 Å². The van der Waals surface area contributed by atoms with Crippen LogP contribution >= 0.6 is 0 Å². The van der Waals surface area contributed by atoms with Gasteiger partial charge in [0.05, 0.1) is 11.1 Å². The molecule has 0 fully saturated rings. The van der Waals surface area contributed by atoms with Crippen LogP contribution in [-0.4, -0.2) is 12.2 Å². The van der Waals surface area contributed by atoms with Gasteiger partial charge >= 0.3 is 12.4 Å². The molecule has 2 aromatic carbocycles. The lowest BCUT2D eigenvalue weighted by molar-refractivity contribution is -0.162. The molecular weight excluding hydrogens is 366 g/mol. The highest BCUT2D eigenvalue weighted by Crippen LogP contribution is 2.41. The van der Waals surface area contributed by atoms with Gasteiger partial charge in [-0.2, -0.15) is 26.3 Å². The summed E-state index contributed by atoms with van der Waals surface area (Å²) < 4.78 is 76.2. The van der Waals surface area contributed by atoms with Crippen molar-refractivity contribution in [1.29, 1.82) is 10.8 Å². The molecule has 0 aliphatic heterocycles. The first-order valence-electron chi connectivity index (χ1n) is 6.44. The average Bonchev–Trinajstić information content (AvgIpc) is 2.55. The molecule has 0 aliphatic carbocycles. The van der Waals surface area contributed by atoms with E-state index in [4.69, 9.17) is 20.4 Å².